The summed E-state index contributed by atoms with van der Waals surface area (Å²) in [5.41, 5.74) is 1.39. The quantitative estimate of drug-likeness (QED) is 0.754. The van der Waals surface area contributed by atoms with Gasteiger partial charge in [0.05, 0.1) is 6.61 Å². The molecule has 2 aromatic carbocycles. The zero-order valence-electron chi connectivity index (χ0n) is 11.8. The lowest BCUT2D eigenvalue weighted by Gasteiger charge is -2.13. The molecule has 0 heterocycles. The summed E-state index contributed by atoms with van der Waals surface area (Å²) in [7, 11) is -3.68. The molecule has 2 aromatic rings. The van der Waals surface area contributed by atoms with Crippen molar-refractivity contribution in [2.75, 3.05) is 11.3 Å². The third-order valence-corrected chi connectivity index (χ3v) is 4.91. The van der Waals surface area contributed by atoms with Crippen molar-refractivity contribution in [1.29, 1.82) is 0 Å². The Morgan fingerprint density at radius 3 is 2.43 bits per heavy atom. The van der Waals surface area contributed by atoms with Gasteiger partial charge in [-0.15, -0.1) is 0 Å². The molecule has 4 nitrogen and oxygen atoms in total. The van der Waals surface area contributed by atoms with Gasteiger partial charge >= 0.3 is 0 Å². The molecule has 21 heavy (non-hydrogen) atoms. The molecule has 2 rings (SSSR count). The smallest absolute Gasteiger partial charge is 0.265 e. The number of rotatable bonds is 5. The normalized spacial score (nSPS) is 11.2. The summed E-state index contributed by atoms with van der Waals surface area (Å²) in [6.07, 6.45) is 0. The number of nitrogens with one attached hydrogen (secondary N) is 1. The highest BCUT2D eigenvalue weighted by Gasteiger charge is 2.20. The Labute approximate surface area is 138 Å². The number of benzene rings is 2. The van der Waals surface area contributed by atoms with E-state index in [0.29, 0.717) is 18.0 Å². The van der Waals surface area contributed by atoms with E-state index in [1.54, 1.807) is 24.3 Å². The first-order valence-corrected chi connectivity index (χ1v) is 9.00. The molecule has 0 bridgehead atoms. The third-order valence-electron chi connectivity index (χ3n) is 2.79. The third kappa shape index (κ3) is 4.10. The second-order valence-electron chi connectivity index (χ2n) is 4.50. The van der Waals surface area contributed by atoms with E-state index in [2.05, 4.69) is 27.3 Å². The number of hydrogen-bond donors (Lipinski definition) is 1. The fraction of sp³-hybridized carbons (Fsp3) is 0.200. The first-order chi connectivity index (χ1) is 9.92. The molecule has 0 spiro atoms. The van der Waals surface area contributed by atoms with E-state index in [1.165, 1.54) is 0 Å². The maximum absolute atomic E-state index is 12.5. The van der Waals surface area contributed by atoms with Gasteiger partial charge in [0, 0.05) is 9.26 Å². The van der Waals surface area contributed by atoms with Crippen molar-refractivity contribution in [1.82, 2.24) is 0 Å². The van der Waals surface area contributed by atoms with Gasteiger partial charge in [0.25, 0.3) is 10.0 Å². The summed E-state index contributed by atoms with van der Waals surface area (Å²) in [5.74, 6) is 0.362. The van der Waals surface area contributed by atoms with E-state index in [-0.39, 0.29) is 4.90 Å². The largest absolute Gasteiger partial charge is 0.492 e. The van der Waals surface area contributed by atoms with Crippen LogP contribution in [-0.4, -0.2) is 15.0 Å². The molecule has 6 heteroatoms. The van der Waals surface area contributed by atoms with Crippen LogP contribution in [0.2, 0.25) is 0 Å². The van der Waals surface area contributed by atoms with E-state index in [9.17, 15) is 8.42 Å². The van der Waals surface area contributed by atoms with Crippen molar-refractivity contribution in [3.8, 4) is 5.75 Å². The van der Waals surface area contributed by atoms with E-state index in [1.807, 2.05) is 32.0 Å². The van der Waals surface area contributed by atoms with Crippen LogP contribution < -0.4 is 9.46 Å². The molecule has 0 fully saturated rings. The van der Waals surface area contributed by atoms with Crippen LogP contribution >= 0.6 is 22.6 Å². The van der Waals surface area contributed by atoms with Crippen molar-refractivity contribution in [2.45, 2.75) is 18.7 Å². The van der Waals surface area contributed by atoms with Gasteiger partial charge in [-0.3, -0.25) is 4.72 Å². The van der Waals surface area contributed by atoms with Crippen molar-refractivity contribution in [3.63, 3.8) is 0 Å². The lowest BCUT2D eigenvalue weighted by molar-refractivity contribution is 0.331. The Kier molecular flexibility index (Phi) is 5.10. The van der Waals surface area contributed by atoms with Gasteiger partial charge in [-0.1, -0.05) is 6.07 Å². The van der Waals surface area contributed by atoms with Crippen LogP contribution in [0.5, 0.6) is 5.75 Å². The van der Waals surface area contributed by atoms with E-state index < -0.39 is 10.0 Å². The van der Waals surface area contributed by atoms with Gasteiger partial charge in [0.1, 0.15) is 10.6 Å². The highest BCUT2D eigenvalue weighted by atomic mass is 127. The van der Waals surface area contributed by atoms with Crippen molar-refractivity contribution >= 4 is 38.3 Å². The Bertz CT molecular complexity index is 727. The van der Waals surface area contributed by atoms with Crippen LogP contribution in [0.15, 0.2) is 47.4 Å². The maximum Gasteiger partial charge on any atom is 0.265 e. The minimum Gasteiger partial charge on any atom is -0.492 e. The number of halogens is 1. The number of anilines is 1. The Balaban J connectivity index is 2.39. The molecule has 0 aliphatic rings. The topological polar surface area (TPSA) is 55.4 Å². The summed E-state index contributed by atoms with van der Waals surface area (Å²) in [5, 5.41) is 0. The van der Waals surface area contributed by atoms with Crippen LogP contribution in [0.1, 0.15) is 12.5 Å². The van der Waals surface area contributed by atoms with Gasteiger partial charge in [0.2, 0.25) is 0 Å². The van der Waals surface area contributed by atoms with Gasteiger partial charge in [0.15, 0.2) is 0 Å². The molecular formula is C15H16INO3S. The molecule has 0 saturated carbocycles. The van der Waals surface area contributed by atoms with Gasteiger partial charge < -0.3 is 4.74 Å². The molecule has 0 saturated heterocycles. The first-order valence-electron chi connectivity index (χ1n) is 6.44. The Morgan fingerprint density at radius 1 is 1.14 bits per heavy atom. The average molecular weight is 417 g/mol. The highest BCUT2D eigenvalue weighted by Crippen LogP contribution is 2.27. The molecular weight excluding hydrogens is 401 g/mol. The fourth-order valence-corrected chi connectivity index (χ4v) is 3.48. The summed E-state index contributed by atoms with van der Waals surface area (Å²) in [4.78, 5) is 0.155. The second-order valence-corrected chi connectivity index (χ2v) is 7.39. The zero-order chi connectivity index (χ0) is 15.5. The van der Waals surface area contributed by atoms with Gasteiger partial charge in [-0.2, -0.15) is 0 Å². The summed E-state index contributed by atoms with van der Waals surface area (Å²) < 4.78 is 34.1. The maximum atomic E-state index is 12.5. The first kappa shape index (κ1) is 16.1. The predicted octanol–water partition coefficient (Wildman–Crippen LogP) is 3.80. The van der Waals surface area contributed by atoms with Crippen LogP contribution in [0.25, 0.3) is 0 Å². The molecule has 0 radical (unpaired) electrons. The number of sulfonamides is 1. The lowest BCUT2D eigenvalue weighted by atomic mass is 10.2. The molecule has 0 unspecified atom stereocenters. The van der Waals surface area contributed by atoms with Crippen LogP contribution in [0.4, 0.5) is 5.69 Å². The van der Waals surface area contributed by atoms with E-state index >= 15 is 0 Å². The summed E-state index contributed by atoms with van der Waals surface area (Å²) in [6, 6.07) is 12.3. The molecule has 0 amide bonds. The highest BCUT2D eigenvalue weighted by molar-refractivity contribution is 14.1. The van der Waals surface area contributed by atoms with E-state index in [0.717, 1.165) is 9.13 Å². The van der Waals surface area contributed by atoms with Crippen molar-refractivity contribution < 1.29 is 13.2 Å². The summed E-state index contributed by atoms with van der Waals surface area (Å²) in [6.45, 7) is 4.08. The standard InChI is InChI=1S/C15H16INO3S/c1-3-20-14-9-4-11(2)10-15(14)21(18,19)17-13-7-5-12(16)6-8-13/h4-10,17H,3H2,1-2H3. The predicted molar refractivity (Wildman–Crippen MR) is 92.3 cm³/mol. The lowest BCUT2D eigenvalue weighted by Crippen LogP contribution is -2.14. The van der Waals surface area contributed by atoms with Crippen LogP contribution in [-0.2, 0) is 10.0 Å². The fourth-order valence-electron chi connectivity index (χ4n) is 1.83. The van der Waals surface area contributed by atoms with Crippen molar-refractivity contribution in [2.24, 2.45) is 0 Å². The number of hydrogen-bond acceptors (Lipinski definition) is 3. The molecule has 0 aliphatic heterocycles. The van der Waals surface area contributed by atoms with Crippen molar-refractivity contribution in [3.05, 3.63) is 51.6 Å². The molecule has 112 valence electrons. The van der Waals surface area contributed by atoms with Crippen LogP contribution in [0, 0.1) is 10.5 Å². The second kappa shape index (κ2) is 6.65. The molecule has 0 aromatic heterocycles. The van der Waals surface area contributed by atoms with Crippen LogP contribution in [0.3, 0.4) is 0 Å². The Hall–Kier alpha value is -1.28. The van der Waals surface area contributed by atoms with E-state index in [4.69, 9.17) is 4.74 Å². The zero-order valence-corrected chi connectivity index (χ0v) is 14.7. The molecule has 0 atom stereocenters. The SMILES string of the molecule is CCOc1ccc(C)cc1S(=O)(=O)Nc1ccc(I)cc1. The van der Waals surface area contributed by atoms with Gasteiger partial charge in [-0.05, 0) is 78.4 Å². The Morgan fingerprint density at radius 2 is 1.81 bits per heavy atom. The van der Waals surface area contributed by atoms with Gasteiger partial charge in [-0.25, -0.2) is 8.42 Å². The minimum atomic E-state index is -3.68. The minimum absolute atomic E-state index is 0.155. The monoisotopic (exact) mass is 417 g/mol. The average Bonchev–Trinajstić information content (AvgIpc) is 2.43. The molecule has 0 aliphatic carbocycles. The number of ether oxygens (including phenoxy) is 1. The molecule has 1 N–H and O–H groups in total. The summed E-state index contributed by atoms with van der Waals surface area (Å²) >= 11 is 2.17. The number of aryl methyl sites for hydroxylation is 1.